The molecule has 0 radical (unpaired) electrons. The molecule has 2 aromatic rings. The predicted octanol–water partition coefficient (Wildman–Crippen LogP) is 6.07. The van der Waals surface area contributed by atoms with Gasteiger partial charge >= 0.3 is 6.18 Å². The lowest BCUT2D eigenvalue weighted by molar-refractivity contribution is -0.137. The van der Waals surface area contributed by atoms with Crippen molar-refractivity contribution in [3.05, 3.63) is 40.6 Å². The van der Waals surface area contributed by atoms with E-state index in [1.165, 1.54) is 6.07 Å². The molecule has 1 aromatic heterocycles. The van der Waals surface area contributed by atoms with E-state index >= 15 is 0 Å². The first kappa shape index (κ1) is 22.2. The minimum Gasteiger partial charge on any atom is -0.352 e. The predicted molar refractivity (Wildman–Crippen MR) is 106 cm³/mol. The van der Waals surface area contributed by atoms with Gasteiger partial charge in [-0.3, -0.25) is 9.78 Å². The molecule has 0 saturated heterocycles. The number of carbonyl (C=O) groups excluding carboxylic acids is 1. The van der Waals surface area contributed by atoms with Gasteiger partial charge in [-0.05, 0) is 49.3 Å². The third-order valence-corrected chi connectivity index (χ3v) is 4.75. The maximum Gasteiger partial charge on any atom is 0.416 e. The number of benzene rings is 1. The second kappa shape index (κ2) is 8.50. The number of rotatable bonds is 6. The van der Waals surface area contributed by atoms with Crippen LogP contribution in [0.3, 0.4) is 0 Å². The molecule has 1 heterocycles. The number of fused-ring (bicyclic) bond motifs is 1. The number of pyridine rings is 1. The lowest BCUT2D eigenvalue weighted by Crippen LogP contribution is -2.27. The van der Waals surface area contributed by atoms with E-state index in [2.05, 4.69) is 31.1 Å². The molecule has 0 aliphatic carbocycles. The van der Waals surface area contributed by atoms with Gasteiger partial charge in [-0.2, -0.15) is 13.2 Å². The van der Waals surface area contributed by atoms with E-state index in [1.54, 1.807) is 6.92 Å². The number of aromatic nitrogens is 1. The van der Waals surface area contributed by atoms with Gasteiger partial charge in [0, 0.05) is 11.9 Å². The van der Waals surface area contributed by atoms with E-state index < -0.39 is 11.7 Å². The topological polar surface area (TPSA) is 42.0 Å². The van der Waals surface area contributed by atoms with Crippen molar-refractivity contribution in [2.24, 2.45) is 5.41 Å². The highest BCUT2D eigenvalue weighted by molar-refractivity contribution is 6.01. The summed E-state index contributed by atoms with van der Waals surface area (Å²) in [6.45, 7) is 10.8. The van der Waals surface area contributed by atoms with Crippen LogP contribution >= 0.6 is 0 Å². The van der Waals surface area contributed by atoms with Gasteiger partial charge in [0.25, 0.3) is 5.91 Å². The molecule has 0 fully saturated rings. The number of aryl methyl sites for hydroxylation is 2. The Morgan fingerprint density at radius 2 is 1.86 bits per heavy atom. The zero-order valence-electron chi connectivity index (χ0n) is 17.3. The summed E-state index contributed by atoms with van der Waals surface area (Å²) in [5, 5.41) is 3.53. The molecule has 0 spiro atoms. The quantitative estimate of drug-likeness (QED) is 0.604. The maximum atomic E-state index is 13.0. The molecule has 0 aliphatic heterocycles. The molecule has 28 heavy (non-hydrogen) atoms. The number of amides is 1. The molecule has 154 valence electrons. The smallest absolute Gasteiger partial charge is 0.352 e. The molecule has 1 aromatic carbocycles. The minimum atomic E-state index is -4.42. The number of nitrogens with one attached hydrogen (secondary N) is 1. The SMILES string of the molecule is CCCc1nc2cc(C(F)(F)F)ccc2c(C)c1C(=O)NCCCC(C)(C)C. The summed E-state index contributed by atoms with van der Waals surface area (Å²) in [5.74, 6) is -0.204. The summed E-state index contributed by atoms with van der Waals surface area (Å²) >= 11 is 0. The maximum absolute atomic E-state index is 13.0. The zero-order chi connectivity index (χ0) is 21.1. The van der Waals surface area contributed by atoms with Crippen LogP contribution in [0, 0.1) is 12.3 Å². The van der Waals surface area contributed by atoms with Gasteiger partial charge in [-0.1, -0.05) is 40.2 Å². The van der Waals surface area contributed by atoms with Gasteiger partial charge < -0.3 is 5.32 Å². The molecule has 0 aliphatic rings. The van der Waals surface area contributed by atoms with Crippen LogP contribution < -0.4 is 5.32 Å². The van der Waals surface area contributed by atoms with Gasteiger partial charge in [0.05, 0.1) is 22.3 Å². The summed E-state index contributed by atoms with van der Waals surface area (Å²) in [5.41, 5.74) is 1.48. The van der Waals surface area contributed by atoms with Gasteiger partial charge in [-0.25, -0.2) is 0 Å². The zero-order valence-corrected chi connectivity index (χ0v) is 17.3. The third-order valence-electron chi connectivity index (χ3n) is 4.75. The lowest BCUT2D eigenvalue weighted by atomic mass is 9.90. The Morgan fingerprint density at radius 1 is 1.18 bits per heavy atom. The highest BCUT2D eigenvalue weighted by Crippen LogP contribution is 2.33. The number of alkyl halides is 3. The van der Waals surface area contributed by atoms with Crippen molar-refractivity contribution in [2.45, 2.75) is 66.5 Å². The van der Waals surface area contributed by atoms with E-state index in [-0.39, 0.29) is 16.8 Å². The fraction of sp³-hybridized carbons (Fsp3) is 0.545. The Labute approximate surface area is 164 Å². The van der Waals surface area contributed by atoms with Crippen molar-refractivity contribution in [3.8, 4) is 0 Å². The van der Waals surface area contributed by atoms with Gasteiger partial charge in [0.2, 0.25) is 0 Å². The Balaban J connectivity index is 2.37. The second-order valence-corrected chi connectivity index (χ2v) is 8.46. The summed E-state index contributed by atoms with van der Waals surface area (Å²) in [7, 11) is 0. The molecule has 0 atom stereocenters. The van der Waals surface area contributed by atoms with Gasteiger partial charge in [-0.15, -0.1) is 0 Å². The standard InChI is InChI=1S/C22H29F3N2O/c1-6-8-17-19(20(28)26-12-7-11-21(3,4)5)14(2)16-10-9-15(22(23,24)25)13-18(16)27-17/h9-10,13H,6-8,11-12H2,1-5H3,(H,26,28). The van der Waals surface area contributed by atoms with Crippen molar-refractivity contribution in [1.29, 1.82) is 0 Å². The summed E-state index contributed by atoms with van der Waals surface area (Å²) in [6, 6.07) is 3.51. The monoisotopic (exact) mass is 394 g/mol. The first-order valence-corrected chi connectivity index (χ1v) is 9.72. The van der Waals surface area contributed by atoms with Crippen molar-refractivity contribution in [3.63, 3.8) is 0 Å². The molecule has 3 nitrogen and oxygen atoms in total. The van der Waals surface area contributed by atoms with Crippen molar-refractivity contribution in [1.82, 2.24) is 10.3 Å². The number of hydrogen-bond acceptors (Lipinski definition) is 2. The van der Waals surface area contributed by atoms with Crippen LogP contribution in [0.5, 0.6) is 0 Å². The molecule has 2 rings (SSSR count). The van der Waals surface area contributed by atoms with Crippen LogP contribution in [0.2, 0.25) is 0 Å². The van der Waals surface area contributed by atoms with Crippen molar-refractivity contribution >= 4 is 16.8 Å². The molecule has 0 unspecified atom stereocenters. The highest BCUT2D eigenvalue weighted by atomic mass is 19.4. The normalized spacial score (nSPS) is 12.4. The van der Waals surface area contributed by atoms with Crippen molar-refractivity contribution in [2.75, 3.05) is 6.54 Å². The number of halogens is 3. The first-order valence-electron chi connectivity index (χ1n) is 9.72. The molecule has 0 bridgehead atoms. The molecular formula is C22H29F3N2O. The van der Waals surface area contributed by atoms with Crippen LogP contribution in [0.15, 0.2) is 18.2 Å². The van der Waals surface area contributed by atoms with Crippen LogP contribution in [-0.2, 0) is 12.6 Å². The highest BCUT2D eigenvalue weighted by Gasteiger charge is 2.31. The average Bonchev–Trinajstić information content (AvgIpc) is 2.57. The molecular weight excluding hydrogens is 365 g/mol. The van der Waals surface area contributed by atoms with Crippen LogP contribution in [0.25, 0.3) is 10.9 Å². The number of hydrogen-bond donors (Lipinski definition) is 1. The summed E-state index contributed by atoms with van der Waals surface area (Å²) < 4.78 is 39.1. The molecule has 1 amide bonds. The Morgan fingerprint density at radius 3 is 2.43 bits per heavy atom. The van der Waals surface area contributed by atoms with Crippen molar-refractivity contribution < 1.29 is 18.0 Å². The van der Waals surface area contributed by atoms with Gasteiger partial charge in [0.15, 0.2) is 0 Å². The van der Waals surface area contributed by atoms with E-state index in [0.717, 1.165) is 31.4 Å². The van der Waals surface area contributed by atoms with Crippen LogP contribution in [0.1, 0.15) is 74.1 Å². The van der Waals surface area contributed by atoms with E-state index in [4.69, 9.17) is 0 Å². The number of nitrogens with zero attached hydrogens (tertiary/aromatic N) is 1. The first-order chi connectivity index (χ1) is 12.9. The summed E-state index contributed by atoms with van der Waals surface area (Å²) in [6.07, 6.45) is -1.27. The van der Waals surface area contributed by atoms with E-state index in [1.807, 2.05) is 6.92 Å². The van der Waals surface area contributed by atoms with E-state index in [0.29, 0.717) is 35.2 Å². The number of carbonyl (C=O) groups is 1. The fourth-order valence-electron chi connectivity index (χ4n) is 3.30. The summed E-state index contributed by atoms with van der Waals surface area (Å²) in [4.78, 5) is 17.3. The molecule has 1 N–H and O–H groups in total. The van der Waals surface area contributed by atoms with Crippen LogP contribution in [-0.4, -0.2) is 17.4 Å². The third kappa shape index (κ3) is 5.46. The Hall–Kier alpha value is -2.11. The lowest BCUT2D eigenvalue weighted by Gasteiger charge is -2.18. The minimum absolute atomic E-state index is 0.203. The Bertz CT molecular complexity index is 851. The average molecular weight is 394 g/mol. The second-order valence-electron chi connectivity index (χ2n) is 8.46. The van der Waals surface area contributed by atoms with Gasteiger partial charge in [0.1, 0.15) is 0 Å². The molecule has 6 heteroatoms. The Kier molecular flexibility index (Phi) is 6.73. The van der Waals surface area contributed by atoms with E-state index in [9.17, 15) is 18.0 Å². The largest absolute Gasteiger partial charge is 0.416 e. The fourth-order valence-corrected chi connectivity index (χ4v) is 3.30. The van der Waals surface area contributed by atoms with Crippen LogP contribution in [0.4, 0.5) is 13.2 Å². The molecule has 0 saturated carbocycles.